The number of ether oxygens (including phenoxy) is 1. The first-order valence-corrected chi connectivity index (χ1v) is 8.74. The van der Waals surface area contributed by atoms with E-state index in [2.05, 4.69) is 36.5 Å². The molecule has 2 saturated carbocycles. The molecule has 2 fully saturated rings. The highest BCUT2D eigenvalue weighted by atomic mass is 16.5. The summed E-state index contributed by atoms with van der Waals surface area (Å²) in [5.41, 5.74) is 2.87. The minimum absolute atomic E-state index is 0.246. The van der Waals surface area contributed by atoms with Crippen LogP contribution in [0.4, 0.5) is 0 Å². The van der Waals surface area contributed by atoms with Gasteiger partial charge in [-0.15, -0.1) is 0 Å². The van der Waals surface area contributed by atoms with E-state index in [0.717, 1.165) is 37.3 Å². The summed E-state index contributed by atoms with van der Waals surface area (Å²) in [6, 6.07) is 9.41. The van der Waals surface area contributed by atoms with Crippen molar-refractivity contribution in [3.63, 3.8) is 0 Å². The molecule has 0 radical (unpaired) electrons. The van der Waals surface area contributed by atoms with E-state index in [1.165, 1.54) is 36.8 Å². The van der Waals surface area contributed by atoms with Crippen LogP contribution in [-0.2, 0) is 11.2 Å². The molecule has 1 heterocycles. The summed E-state index contributed by atoms with van der Waals surface area (Å²) in [4.78, 5) is 0. The molecule has 1 aliphatic heterocycles. The second-order valence-corrected chi connectivity index (χ2v) is 7.34. The van der Waals surface area contributed by atoms with E-state index in [1.54, 1.807) is 0 Å². The lowest BCUT2D eigenvalue weighted by atomic mass is 9.84. The Bertz CT molecular complexity index is 500. The van der Waals surface area contributed by atoms with Gasteiger partial charge in [0.05, 0.1) is 12.7 Å². The molecule has 4 rings (SSSR count). The van der Waals surface area contributed by atoms with Crippen molar-refractivity contribution in [2.75, 3.05) is 13.2 Å². The topological polar surface area (TPSA) is 21.3 Å². The van der Waals surface area contributed by atoms with E-state index < -0.39 is 0 Å². The molecule has 3 aliphatic rings. The Morgan fingerprint density at radius 2 is 2.14 bits per heavy atom. The smallest absolute Gasteiger partial charge is 0.0952 e. The Morgan fingerprint density at radius 3 is 2.95 bits per heavy atom. The van der Waals surface area contributed by atoms with Crippen molar-refractivity contribution in [1.29, 1.82) is 0 Å². The summed E-state index contributed by atoms with van der Waals surface area (Å²) >= 11 is 0. The van der Waals surface area contributed by atoms with Crippen molar-refractivity contribution < 1.29 is 4.74 Å². The molecule has 0 amide bonds. The molecule has 2 heteroatoms. The fourth-order valence-electron chi connectivity index (χ4n) is 5.00. The second kappa shape index (κ2) is 5.73. The van der Waals surface area contributed by atoms with Gasteiger partial charge in [-0.2, -0.15) is 0 Å². The average molecular weight is 285 g/mol. The molecule has 0 aromatic heterocycles. The Hall–Kier alpha value is -0.860. The molecule has 1 aromatic carbocycles. The maximum Gasteiger partial charge on any atom is 0.0952 e. The SMILES string of the molecule is CC(NCC1OCCc2ccccc21)C1CC2CCC1C2. The molecule has 2 nitrogen and oxygen atoms in total. The van der Waals surface area contributed by atoms with Crippen molar-refractivity contribution >= 4 is 0 Å². The summed E-state index contributed by atoms with van der Waals surface area (Å²) in [6.07, 6.45) is 7.24. The molecule has 2 bridgehead atoms. The quantitative estimate of drug-likeness (QED) is 0.910. The van der Waals surface area contributed by atoms with Crippen LogP contribution in [-0.4, -0.2) is 19.2 Å². The van der Waals surface area contributed by atoms with Crippen molar-refractivity contribution in [2.45, 2.75) is 51.2 Å². The Balaban J connectivity index is 1.37. The maximum atomic E-state index is 6.02. The molecule has 1 N–H and O–H groups in total. The van der Waals surface area contributed by atoms with E-state index in [1.807, 2.05) is 0 Å². The van der Waals surface area contributed by atoms with Crippen LogP contribution in [0.2, 0.25) is 0 Å². The van der Waals surface area contributed by atoms with Crippen molar-refractivity contribution in [3.05, 3.63) is 35.4 Å². The van der Waals surface area contributed by atoms with Crippen LogP contribution in [0.1, 0.15) is 49.8 Å². The first-order chi connectivity index (χ1) is 10.3. The molecule has 5 atom stereocenters. The standard InChI is InChI=1S/C19H27NO/c1-13(18-11-14-6-7-16(18)10-14)20-12-19-17-5-3-2-4-15(17)8-9-21-19/h2-5,13-14,16,18-20H,6-12H2,1H3. The van der Waals surface area contributed by atoms with Crippen LogP contribution in [0.5, 0.6) is 0 Å². The van der Waals surface area contributed by atoms with Gasteiger partial charge in [-0.25, -0.2) is 0 Å². The van der Waals surface area contributed by atoms with Gasteiger partial charge in [0.1, 0.15) is 0 Å². The van der Waals surface area contributed by atoms with Gasteiger partial charge in [0, 0.05) is 12.6 Å². The average Bonchev–Trinajstić information content (AvgIpc) is 3.15. The Kier molecular flexibility index (Phi) is 3.76. The van der Waals surface area contributed by atoms with Gasteiger partial charge in [-0.1, -0.05) is 30.7 Å². The zero-order valence-corrected chi connectivity index (χ0v) is 13.1. The van der Waals surface area contributed by atoms with Crippen molar-refractivity contribution in [3.8, 4) is 0 Å². The van der Waals surface area contributed by atoms with Crippen LogP contribution in [0.25, 0.3) is 0 Å². The highest BCUT2D eigenvalue weighted by Gasteiger charge is 2.41. The third kappa shape index (κ3) is 2.64. The van der Waals surface area contributed by atoms with Gasteiger partial charge in [-0.3, -0.25) is 0 Å². The Morgan fingerprint density at radius 1 is 1.24 bits per heavy atom. The van der Waals surface area contributed by atoms with Crippen molar-refractivity contribution in [2.24, 2.45) is 17.8 Å². The molecule has 2 aliphatic carbocycles. The number of nitrogens with one attached hydrogen (secondary N) is 1. The summed E-state index contributed by atoms with van der Waals surface area (Å²) in [7, 11) is 0. The minimum atomic E-state index is 0.246. The van der Waals surface area contributed by atoms with E-state index in [-0.39, 0.29) is 6.10 Å². The number of hydrogen-bond acceptors (Lipinski definition) is 2. The number of hydrogen-bond donors (Lipinski definition) is 1. The summed E-state index contributed by atoms with van der Waals surface area (Å²) in [6.45, 7) is 4.22. The van der Waals surface area contributed by atoms with E-state index >= 15 is 0 Å². The molecule has 0 saturated heterocycles. The fraction of sp³-hybridized carbons (Fsp3) is 0.684. The van der Waals surface area contributed by atoms with E-state index in [9.17, 15) is 0 Å². The second-order valence-electron chi connectivity index (χ2n) is 7.34. The minimum Gasteiger partial charge on any atom is -0.372 e. The summed E-state index contributed by atoms with van der Waals surface area (Å²) < 4.78 is 6.02. The van der Waals surface area contributed by atoms with Gasteiger partial charge in [-0.05, 0) is 61.5 Å². The van der Waals surface area contributed by atoms with Crippen LogP contribution < -0.4 is 5.32 Å². The number of benzene rings is 1. The molecular weight excluding hydrogens is 258 g/mol. The molecule has 1 aromatic rings. The zero-order chi connectivity index (χ0) is 14.2. The Labute approximate surface area is 128 Å². The molecule has 114 valence electrons. The zero-order valence-electron chi connectivity index (χ0n) is 13.1. The highest BCUT2D eigenvalue weighted by molar-refractivity contribution is 5.31. The maximum absolute atomic E-state index is 6.02. The number of fused-ring (bicyclic) bond motifs is 3. The van der Waals surface area contributed by atoms with Crippen LogP contribution in [0, 0.1) is 17.8 Å². The predicted octanol–water partition coefficient (Wildman–Crippen LogP) is 3.71. The lowest BCUT2D eigenvalue weighted by Crippen LogP contribution is -2.39. The molecule has 0 spiro atoms. The first-order valence-electron chi connectivity index (χ1n) is 8.74. The fourth-order valence-corrected chi connectivity index (χ4v) is 5.00. The molecular formula is C19H27NO. The highest BCUT2D eigenvalue weighted by Crippen LogP contribution is 2.49. The monoisotopic (exact) mass is 285 g/mol. The lowest BCUT2D eigenvalue weighted by molar-refractivity contribution is 0.0387. The van der Waals surface area contributed by atoms with E-state index in [4.69, 9.17) is 4.74 Å². The number of rotatable bonds is 4. The van der Waals surface area contributed by atoms with Crippen LogP contribution >= 0.6 is 0 Å². The van der Waals surface area contributed by atoms with Gasteiger partial charge in [0.25, 0.3) is 0 Å². The normalized spacial score (nSPS) is 35.7. The third-order valence-electron chi connectivity index (χ3n) is 6.15. The molecule has 21 heavy (non-hydrogen) atoms. The third-order valence-corrected chi connectivity index (χ3v) is 6.15. The molecule has 5 unspecified atom stereocenters. The lowest BCUT2D eigenvalue weighted by Gasteiger charge is -2.32. The predicted molar refractivity (Wildman–Crippen MR) is 85.2 cm³/mol. The van der Waals surface area contributed by atoms with Gasteiger partial charge in [0.2, 0.25) is 0 Å². The van der Waals surface area contributed by atoms with Crippen molar-refractivity contribution in [1.82, 2.24) is 5.32 Å². The van der Waals surface area contributed by atoms with Gasteiger partial charge < -0.3 is 10.1 Å². The van der Waals surface area contributed by atoms with E-state index in [0.29, 0.717) is 6.04 Å². The van der Waals surface area contributed by atoms with Crippen LogP contribution in [0.3, 0.4) is 0 Å². The van der Waals surface area contributed by atoms with Gasteiger partial charge in [0.15, 0.2) is 0 Å². The van der Waals surface area contributed by atoms with Crippen LogP contribution in [0.15, 0.2) is 24.3 Å². The largest absolute Gasteiger partial charge is 0.372 e. The summed E-state index contributed by atoms with van der Waals surface area (Å²) in [5.74, 6) is 2.94. The van der Waals surface area contributed by atoms with Gasteiger partial charge >= 0.3 is 0 Å². The summed E-state index contributed by atoms with van der Waals surface area (Å²) in [5, 5.41) is 3.80. The first kappa shape index (κ1) is 13.8.